The number of anilines is 1. The van der Waals surface area contributed by atoms with Gasteiger partial charge in [-0.3, -0.25) is 4.79 Å². The van der Waals surface area contributed by atoms with E-state index >= 15 is 0 Å². The molecule has 0 aliphatic rings. The number of aromatic nitrogens is 2. The lowest BCUT2D eigenvalue weighted by atomic mass is 10.2. The summed E-state index contributed by atoms with van der Waals surface area (Å²) in [6.45, 7) is 0. The van der Waals surface area contributed by atoms with Crippen LogP contribution in [-0.4, -0.2) is 29.2 Å². The van der Waals surface area contributed by atoms with Gasteiger partial charge in [0, 0.05) is 29.5 Å². The van der Waals surface area contributed by atoms with E-state index in [0.29, 0.717) is 23.9 Å². The lowest BCUT2D eigenvalue weighted by Gasteiger charge is -2.07. The monoisotopic (exact) mass is 391 g/mol. The molecule has 7 nitrogen and oxygen atoms in total. The number of carbonyl (C=O) groups excluding carboxylic acids is 2. The Morgan fingerprint density at radius 2 is 2.15 bits per heavy atom. The van der Waals surface area contributed by atoms with Gasteiger partial charge in [-0.1, -0.05) is 11.6 Å². The Labute approximate surface area is 158 Å². The number of aryl methyl sites for hydroxylation is 1. The first-order valence-electron chi connectivity index (χ1n) is 7.59. The fraction of sp³-hybridized carbons (Fsp3) is 0.176. The quantitative estimate of drug-likeness (QED) is 0.642. The normalized spacial score (nSPS) is 10.5. The van der Waals surface area contributed by atoms with E-state index < -0.39 is 5.97 Å². The zero-order valence-electron chi connectivity index (χ0n) is 13.7. The van der Waals surface area contributed by atoms with E-state index in [1.807, 2.05) is 16.8 Å². The first-order valence-corrected chi connectivity index (χ1v) is 8.91. The zero-order chi connectivity index (χ0) is 18.5. The van der Waals surface area contributed by atoms with E-state index in [1.54, 1.807) is 6.07 Å². The van der Waals surface area contributed by atoms with Crippen LogP contribution < -0.4 is 5.32 Å². The molecule has 0 bridgehead atoms. The van der Waals surface area contributed by atoms with Crippen LogP contribution in [0.25, 0.3) is 11.5 Å². The third kappa shape index (κ3) is 4.27. The van der Waals surface area contributed by atoms with E-state index in [2.05, 4.69) is 20.3 Å². The summed E-state index contributed by atoms with van der Waals surface area (Å²) in [5, 5.41) is 14.7. The maximum absolute atomic E-state index is 12.1. The minimum Gasteiger partial charge on any atom is -0.465 e. The van der Waals surface area contributed by atoms with Crippen molar-refractivity contribution < 1.29 is 18.7 Å². The van der Waals surface area contributed by atoms with Gasteiger partial charge in [-0.05, 0) is 29.6 Å². The molecule has 3 aromatic rings. The van der Waals surface area contributed by atoms with Crippen LogP contribution in [0.4, 0.5) is 5.69 Å². The minimum atomic E-state index is -0.571. The van der Waals surface area contributed by atoms with Crippen LogP contribution in [0, 0.1) is 0 Å². The van der Waals surface area contributed by atoms with Crippen molar-refractivity contribution in [1.29, 1.82) is 0 Å². The minimum absolute atomic E-state index is 0.154. The van der Waals surface area contributed by atoms with Crippen molar-refractivity contribution in [3.63, 3.8) is 0 Å². The molecule has 134 valence electrons. The molecule has 2 heterocycles. The number of thiophene rings is 1. The molecule has 1 aromatic carbocycles. The smallest absolute Gasteiger partial charge is 0.339 e. The van der Waals surface area contributed by atoms with Crippen LogP contribution in [0.3, 0.4) is 0 Å². The fourth-order valence-corrected chi connectivity index (χ4v) is 3.00. The average Bonchev–Trinajstić information content (AvgIpc) is 3.32. The lowest BCUT2D eigenvalue weighted by Crippen LogP contribution is -2.13. The fourth-order valence-electron chi connectivity index (χ4n) is 2.17. The number of halogens is 1. The van der Waals surface area contributed by atoms with E-state index in [4.69, 9.17) is 16.0 Å². The summed E-state index contributed by atoms with van der Waals surface area (Å²) >= 11 is 7.49. The van der Waals surface area contributed by atoms with Crippen molar-refractivity contribution in [2.45, 2.75) is 12.8 Å². The van der Waals surface area contributed by atoms with Gasteiger partial charge in [0.2, 0.25) is 17.7 Å². The van der Waals surface area contributed by atoms with Crippen LogP contribution in [0.5, 0.6) is 0 Å². The van der Waals surface area contributed by atoms with Crippen molar-refractivity contribution >= 4 is 40.5 Å². The SMILES string of the molecule is COC(=O)c1cc(NC(=O)CCc2nnc(-c3ccsc3)o2)ccc1Cl. The molecular formula is C17H14ClN3O4S. The third-order valence-corrected chi connectivity index (χ3v) is 4.47. The van der Waals surface area contributed by atoms with Gasteiger partial charge in [-0.15, -0.1) is 10.2 Å². The second-order valence-electron chi connectivity index (χ2n) is 5.25. The second kappa shape index (κ2) is 8.11. The highest BCUT2D eigenvalue weighted by Gasteiger charge is 2.14. The standard InChI is InChI=1S/C17H14ClN3O4S/c1-24-17(23)12-8-11(2-3-13(12)18)19-14(22)4-5-15-20-21-16(25-15)10-6-7-26-9-10/h2-3,6-9H,4-5H2,1H3,(H,19,22). The van der Waals surface area contributed by atoms with Crippen molar-refractivity contribution in [2.75, 3.05) is 12.4 Å². The molecule has 9 heteroatoms. The van der Waals surface area contributed by atoms with Crippen molar-refractivity contribution in [3.05, 3.63) is 51.5 Å². The summed E-state index contributed by atoms with van der Waals surface area (Å²) in [4.78, 5) is 23.7. The first kappa shape index (κ1) is 18.1. The molecule has 0 unspecified atom stereocenters. The largest absolute Gasteiger partial charge is 0.465 e. The number of benzene rings is 1. The molecule has 0 aliphatic carbocycles. The highest BCUT2D eigenvalue weighted by molar-refractivity contribution is 7.08. The molecule has 0 atom stereocenters. The van der Waals surface area contributed by atoms with Gasteiger partial charge in [0.05, 0.1) is 17.7 Å². The summed E-state index contributed by atoms with van der Waals surface area (Å²) in [5.41, 5.74) is 1.49. The maximum Gasteiger partial charge on any atom is 0.339 e. The Balaban J connectivity index is 1.59. The molecule has 0 aliphatic heterocycles. The predicted molar refractivity (Wildman–Crippen MR) is 97.4 cm³/mol. The number of hydrogen-bond donors (Lipinski definition) is 1. The maximum atomic E-state index is 12.1. The number of carbonyl (C=O) groups is 2. The number of ether oxygens (including phenoxy) is 1. The summed E-state index contributed by atoms with van der Waals surface area (Å²) in [5.74, 6) is -0.00822. The number of nitrogens with zero attached hydrogens (tertiary/aromatic N) is 2. The zero-order valence-corrected chi connectivity index (χ0v) is 15.3. The Kier molecular flexibility index (Phi) is 5.65. The van der Waals surface area contributed by atoms with Gasteiger partial charge in [-0.25, -0.2) is 4.79 Å². The molecule has 2 aromatic heterocycles. The van der Waals surface area contributed by atoms with E-state index in [1.165, 1.54) is 30.6 Å². The topological polar surface area (TPSA) is 94.3 Å². The Morgan fingerprint density at radius 1 is 1.31 bits per heavy atom. The molecule has 0 saturated heterocycles. The Morgan fingerprint density at radius 3 is 2.88 bits per heavy atom. The van der Waals surface area contributed by atoms with E-state index in [-0.39, 0.29) is 22.9 Å². The molecule has 1 amide bonds. The molecule has 3 rings (SSSR count). The van der Waals surface area contributed by atoms with Crippen molar-refractivity contribution in [1.82, 2.24) is 10.2 Å². The van der Waals surface area contributed by atoms with Crippen molar-refractivity contribution in [3.8, 4) is 11.5 Å². The van der Waals surface area contributed by atoms with Crippen LogP contribution in [-0.2, 0) is 16.0 Å². The summed E-state index contributed by atoms with van der Waals surface area (Å²) in [7, 11) is 1.26. The summed E-state index contributed by atoms with van der Waals surface area (Å²) in [6.07, 6.45) is 0.460. The molecular weight excluding hydrogens is 378 g/mol. The van der Waals surface area contributed by atoms with Gasteiger partial charge in [-0.2, -0.15) is 11.3 Å². The van der Waals surface area contributed by atoms with Gasteiger partial charge < -0.3 is 14.5 Å². The van der Waals surface area contributed by atoms with Crippen LogP contribution in [0.15, 0.2) is 39.4 Å². The molecule has 1 N–H and O–H groups in total. The molecule has 0 fully saturated rings. The highest BCUT2D eigenvalue weighted by atomic mass is 35.5. The van der Waals surface area contributed by atoms with Gasteiger partial charge in [0.1, 0.15) is 0 Å². The number of methoxy groups -OCH3 is 1. The summed E-state index contributed by atoms with van der Waals surface area (Å²) < 4.78 is 10.2. The van der Waals surface area contributed by atoms with Gasteiger partial charge in [0.25, 0.3) is 0 Å². The van der Waals surface area contributed by atoms with Crippen LogP contribution >= 0.6 is 22.9 Å². The molecule has 0 radical (unpaired) electrons. The number of hydrogen-bond acceptors (Lipinski definition) is 7. The number of amides is 1. The van der Waals surface area contributed by atoms with Crippen molar-refractivity contribution in [2.24, 2.45) is 0 Å². The van der Waals surface area contributed by atoms with Gasteiger partial charge >= 0.3 is 5.97 Å². The second-order valence-corrected chi connectivity index (χ2v) is 6.43. The first-order chi connectivity index (χ1) is 12.6. The molecule has 0 spiro atoms. The number of esters is 1. The number of rotatable bonds is 6. The highest BCUT2D eigenvalue weighted by Crippen LogP contribution is 2.22. The van der Waals surface area contributed by atoms with Crippen LogP contribution in [0.1, 0.15) is 22.7 Å². The van der Waals surface area contributed by atoms with Crippen LogP contribution in [0.2, 0.25) is 5.02 Å². The Bertz CT molecular complexity index is 924. The Hall–Kier alpha value is -2.71. The van der Waals surface area contributed by atoms with E-state index in [9.17, 15) is 9.59 Å². The summed E-state index contributed by atoms with van der Waals surface area (Å²) in [6, 6.07) is 6.48. The van der Waals surface area contributed by atoms with E-state index in [0.717, 1.165) is 5.56 Å². The number of nitrogens with one attached hydrogen (secondary N) is 1. The molecule has 0 saturated carbocycles. The average molecular weight is 392 g/mol. The third-order valence-electron chi connectivity index (χ3n) is 3.46. The van der Waals surface area contributed by atoms with Gasteiger partial charge in [0.15, 0.2) is 0 Å². The molecule has 26 heavy (non-hydrogen) atoms. The lowest BCUT2D eigenvalue weighted by molar-refractivity contribution is -0.116. The predicted octanol–water partition coefficient (Wildman–Crippen LogP) is 3.81.